The fourth-order valence-electron chi connectivity index (χ4n) is 3.67. The number of oxazole rings is 1. The molecular formula is C22H22BrN3O4. The number of aromatic nitrogens is 1. The second-order valence-electron chi connectivity index (χ2n) is 7.25. The van der Waals surface area contributed by atoms with Gasteiger partial charge < -0.3 is 9.15 Å². The van der Waals surface area contributed by atoms with Crippen molar-refractivity contribution >= 4 is 44.6 Å². The summed E-state index contributed by atoms with van der Waals surface area (Å²) in [7, 11) is 0. The number of Topliss-reactive ketones (excluding diaryl/α,β-unsaturated/α-hetero) is 1. The molecule has 1 amide bonds. The van der Waals surface area contributed by atoms with Gasteiger partial charge >= 0.3 is 6.09 Å². The molecule has 0 unspecified atom stereocenters. The summed E-state index contributed by atoms with van der Waals surface area (Å²) in [5.41, 5.74) is 2.51. The van der Waals surface area contributed by atoms with E-state index in [-0.39, 0.29) is 18.3 Å². The number of piperidine rings is 1. The molecule has 0 bridgehead atoms. The van der Waals surface area contributed by atoms with Crippen LogP contribution < -0.4 is 5.32 Å². The van der Waals surface area contributed by atoms with Gasteiger partial charge in [-0.3, -0.25) is 15.0 Å². The van der Waals surface area contributed by atoms with Crippen LogP contribution in [0.2, 0.25) is 0 Å². The molecule has 2 heterocycles. The number of carbonyl (C=O) groups is 2. The first kappa shape index (κ1) is 20.6. The Morgan fingerprint density at radius 2 is 1.93 bits per heavy atom. The SMILES string of the molecule is O=C(Nc1cccc2ocnc12)OCCN1CCC(C(=O)c2ccc(Br)cc2)CC1. The predicted octanol–water partition coefficient (Wildman–Crippen LogP) is 4.73. The second-order valence-corrected chi connectivity index (χ2v) is 8.17. The van der Waals surface area contributed by atoms with Gasteiger partial charge in [0.15, 0.2) is 17.8 Å². The van der Waals surface area contributed by atoms with Crippen LogP contribution >= 0.6 is 15.9 Å². The summed E-state index contributed by atoms with van der Waals surface area (Å²) in [6.45, 7) is 2.55. The summed E-state index contributed by atoms with van der Waals surface area (Å²) in [4.78, 5) is 31.0. The van der Waals surface area contributed by atoms with Gasteiger partial charge in [-0.2, -0.15) is 0 Å². The van der Waals surface area contributed by atoms with Crippen LogP contribution in [0.4, 0.5) is 10.5 Å². The number of halogens is 1. The molecule has 4 rings (SSSR count). The molecule has 1 N–H and O–H groups in total. The number of anilines is 1. The molecule has 1 aromatic heterocycles. The lowest BCUT2D eigenvalue weighted by Crippen LogP contribution is -2.38. The van der Waals surface area contributed by atoms with Gasteiger partial charge in [0.05, 0.1) is 5.69 Å². The Morgan fingerprint density at radius 3 is 2.70 bits per heavy atom. The van der Waals surface area contributed by atoms with Gasteiger partial charge in [0, 0.05) is 22.5 Å². The van der Waals surface area contributed by atoms with Crippen LogP contribution in [0, 0.1) is 5.92 Å². The zero-order valence-corrected chi connectivity index (χ0v) is 17.9. The third kappa shape index (κ3) is 4.88. The molecule has 3 aromatic rings. The van der Waals surface area contributed by atoms with Crippen molar-refractivity contribution in [3.63, 3.8) is 0 Å². The highest BCUT2D eigenvalue weighted by molar-refractivity contribution is 9.10. The number of ether oxygens (including phenoxy) is 1. The summed E-state index contributed by atoms with van der Waals surface area (Å²) in [6, 6.07) is 12.8. The topological polar surface area (TPSA) is 84.7 Å². The maximum Gasteiger partial charge on any atom is 0.411 e. The van der Waals surface area contributed by atoms with Crippen LogP contribution in [-0.2, 0) is 4.74 Å². The summed E-state index contributed by atoms with van der Waals surface area (Å²) < 4.78 is 11.5. The highest BCUT2D eigenvalue weighted by Gasteiger charge is 2.25. The van der Waals surface area contributed by atoms with Gasteiger partial charge in [0.1, 0.15) is 12.1 Å². The molecule has 1 saturated heterocycles. The number of amides is 1. The highest BCUT2D eigenvalue weighted by atomic mass is 79.9. The number of hydrogen-bond donors (Lipinski definition) is 1. The molecule has 1 aliphatic heterocycles. The first-order chi connectivity index (χ1) is 14.6. The summed E-state index contributed by atoms with van der Waals surface area (Å²) in [5, 5.41) is 2.70. The number of nitrogens with one attached hydrogen (secondary N) is 1. The molecule has 2 aromatic carbocycles. The molecule has 0 aliphatic carbocycles. The van der Waals surface area contributed by atoms with Crippen molar-refractivity contribution in [1.29, 1.82) is 0 Å². The molecule has 1 fully saturated rings. The lowest BCUT2D eigenvalue weighted by Gasteiger charge is -2.31. The molecule has 1 aliphatic rings. The smallest absolute Gasteiger partial charge is 0.411 e. The lowest BCUT2D eigenvalue weighted by atomic mass is 9.89. The molecule has 0 atom stereocenters. The van der Waals surface area contributed by atoms with Crippen LogP contribution in [0.3, 0.4) is 0 Å². The van der Waals surface area contributed by atoms with E-state index in [1.54, 1.807) is 18.2 Å². The number of hydrogen-bond acceptors (Lipinski definition) is 6. The number of fused-ring (bicyclic) bond motifs is 1. The minimum atomic E-state index is -0.522. The third-order valence-corrected chi connectivity index (χ3v) is 5.85. The number of carbonyl (C=O) groups excluding carboxylic acids is 2. The van der Waals surface area contributed by atoms with E-state index >= 15 is 0 Å². The van der Waals surface area contributed by atoms with E-state index in [1.165, 1.54) is 6.39 Å². The van der Waals surface area contributed by atoms with Crippen LogP contribution in [0.15, 0.2) is 57.7 Å². The van der Waals surface area contributed by atoms with Gasteiger partial charge in [-0.25, -0.2) is 9.78 Å². The van der Waals surface area contributed by atoms with E-state index in [0.717, 1.165) is 36.0 Å². The third-order valence-electron chi connectivity index (χ3n) is 5.32. The Labute approximate surface area is 182 Å². The fourth-order valence-corrected chi connectivity index (χ4v) is 3.93. The number of ketones is 1. The average molecular weight is 472 g/mol. The standard InChI is InChI=1S/C22H22BrN3O4/c23-17-6-4-15(5-7-17)21(27)16-8-10-26(11-9-16)12-13-29-22(28)25-18-2-1-3-19-20(18)24-14-30-19/h1-7,14,16H,8-13H2,(H,25,28). The summed E-state index contributed by atoms with van der Waals surface area (Å²) in [6.07, 6.45) is 2.45. The number of rotatable bonds is 6. The van der Waals surface area contributed by atoms with Gasteiger partial charge in [0.2, 0.25) is 0 Å². The highest BCUT2D eigenvalue weighted by Crippen LogP contribution is 2.23. The molecule has 8 heteroatoms. The lowest BCUT2D eigenvalue weighted by molar-refractivity contribution is 0.0813. The number of nitrogens with zero attached hydrogens (tertiary/aromatic N) is 2. The quantitative estimate of drug-likeness (QED) is 0.522. The molecule has 0 spiro atoms. The van der Waals surface area contributed by atoms with Gasteiger partial charge in [0.25, 0.3) is 0 Å². The van der Waals surface area contributed by atoms with Crippen molar-refractivity contribution in [3.05, 3.63) is 58.9 Å². The summed E-state index contributed by atoms with van der Waals surface area (Å²) in [5.74, 6) is 0.259. The Bertz CT molecular complexity index is 1030. The van der Waals surface area contributed by atoms with Crippen LogP contribution in [0.25, 0.3) is 11.1 Å². The maximum absolute atomic E-state index is 12.6. The van der Waals surface area contributed by atoms with Crippen LogP contribution in [0.5, 0.6) is 0 Å². The Hall–Kier alpha value is -2.71. The van der Waals surface area contributed by atoms with E-state index < -0.39 is 6.09 Å². The van der Waals surface area contributed by atoms with Crippen molar-refractivity contribution in [2.45, 2.75) is 12.8 Å². The number of para-hydroxylation sites is 1. The van der Waals surface area contributed by atoms with Crippen molar-refractivity contribution in [1.82, 2.24) is 9.88 Å². The van der Waals surface area contributed by atoms with Gasteiger partial charge in [-0.1, -0.05) is 34.1 Å². The largest absolute Gasteiger partial charge is 0.448 e. The van der Waals surface area contributed by atoms with Gasteiger partial charge in [-0.15, -0.1) is 0 Å². The minimum absolute atomic E-state index is 0.0505. The second kappa shape index (κ2) is 9.40. The predicted molar refractivity (Wildman–Crippen MR) is 117 cm³/mol. The van der Waals surface area contributed by atoms with Crippen molar-refractivity contribution in [2.75, 3.05) is 31.6 Å². The molecule has 30 heavy (non-hydrogen) atoms. The van der Waals surface area contributed by atoms with Crippen molar-refractivity contribution in [2.24, 2.45) is 5.92 Å². The van der Waals surface area contributed by atoms with Crippen LogP contribution in [-0.4, -0.2) is 48.0 Å². The molecule has 0 saturated carbocycles. The van der Waals surface area contributed by atoms with E-state index in [0.29, 0.717) is 23.3 Å². The first-order valence-corrected chi connectivity index (χ1v) is 10.7. The Kier molecular flexibility index (Phi) is 6.44. The van der Waals surface area contributed by atoms with E-state index in [4.69, 9.17) is 9.15 Å². The van der Waals surface area contributed by atoms with E-state index in [9.17, 15) is 9.59 Å². The van der Waals surface area contributed by atoms with Crippen LogP contribution in [0.1, 0.15) is 23.2 Å². The Morgan fingerprint density at radius 1 is 1.17 bits per heavy atom. The number of likely N-dealkylation sites (tertiary alicyclic amines) is 1. The van der Waals surface area contributed by atoms with E-state index in [1.807, 2.05) is 24.3 Å². The normalized spacial score (nSPS) is 15.2. The monoisotopic (exact) mass is 471 g/mol. The molecule has 0 radical (unpaired) electrons. The van der Waals surface area contributed by atoms with Gasteiger partial charge in [-0.05, 0) is 50.2 Å². The number of benzene rings is 2. The molecular weight excluding hydrogens is 450 g/mol. The zero-order chi connectivity index (χ0) is 20.9. The molecule has 7 nitrogen and oxygen atoms in total. The van der Waals surface area contributed by atoms with Crippen molar-refractivity contribution in [3.8, 4) is 0 Å². The Balaban J connectivity index is 1.19. The maximum atomic E-state index is 12.6. The first-order valence-electron chi connectivity index (χ1n) is 9.88. The summed E-state index contributed by atoms with van der Waals surface area (Å²) >= 11 is 3.39. The molecule has 156 valence electrons. The fraction of sp³-hybridized carbons (Fsp3) is 0.318. The minimum Gasteiger partial charge on any atom is -0.448 e. The van der Waals surface area contributed by atoms with E-state index in [2.05, 4.69) is 31.1 Å². The van der Waals surface area contributed by atoms with Crippen molar-refractivity contribution < 1.29 is 18.7 Å². The average Bonchev–Trinajstić information content (AvgIpc) is 3.24. The zero-order valence-electron chi connectivity index (χ0n) is 16.3.